The van der Waals surface area contributed by atoms with E-state index in [0.29, 0.717) is 6.04 Å². The summed E-state index contributed by atoms with van der Waals surface area (Å²) in [5.41, 5.74) is 3.45. The second-order valence-electron chi connectivity index (χ2n) is 6.80. The Kier molecular flexibility index (Phi) is 5.31. The number of hydrogen-bond acceptors (Lipinski definition) is 2. The van der Waals surface area contributed by atoms with Crippen molar-refractivity contribution in [2.24, 2.45) is 0 Å². The molecule has 0 aliphatic carbocycles. The number of piperidine rings is 1. The smallest absolute Gasteiger partial charge is 0.227 e. The van der Waals surface area contributed by atoms with Crippen LogP contribution in [0.15, 0.2) is 54.6 Å². The second-order valence-corrected chi connectivity index (χ2v) is 6.80. The molecule has 1 unspecified atom stereocenters. The lowest BCUT2D eigenvalue weighted by atomic mass is 9.96. The van der Waals surface area contributed by atoms with Gasteiger partial charge in [0.05, 0.1) is 5.92 Å². The molecule has 1 amide bonds. The fraction of sp³-hybridized carbons (Fsp3) is 0.381. The standard InChI is InChI=1S/C21H26N2O/c1-16(21(24)22-20-12-14-23(2)15-13-20)17-8-10-19(11-9-17)18-6-4-3-5-7-18/h3-11,16,20H,12-15H2,1-2H3,(H,22,24). The Bertz CT molecular complexity index is 658. The van der Waals surface area contributed by atoms with Gasteiger partial charge in [-0.3, -0.25) is 4.79 Å². The molecule has 1 N–H and O–H groups in total. The Morgan fingerprint density at radius 2 is 1.58 bits per heavy atom. The molecule has 0 bridgehead atoms. The number of hydrogen-bond donors (Lipinski definition) is 1. The molecule has 1 fully saturated rings. The Labute approximate surface area is 144 Å². The number of likely N-dealkylation sites (tertiary alicyclic amines) is 1. The summed E-state index contributed by atoms with van der Waals surface area (Å²) in [5, 5.41) is 3.22. The quantitative estimate of drug-likeness (QED) is 0.931. The summed E-state index contributed by atoms with van der Waals surface area (Å²) in [6, 6.07) is 19.0. The van der Waals surface area contributed by atoms with Crippen LogP contribution in [0.2, 0.25) is 0 Å². The fourth-order valence-electron chi connectivity index (χ4n) is 3.23. The number of nitrogens with one attached hydrogen (secondary N) is 1. The van der Waals surface area contributed by atoms with Crippen molar-refractivity contribution < 1.29 is 4.79 Å². The van der Waals surface area contributed by atoms with Gasteiger partial charge < -0.3 is 10.2 Å². The molecule has 2 aromatic rings. The molecule has 0 spiro atoms. The number of amides is 1. The normalized spacial score (nSPS) is 17.4. The summed E-state index contributed by atoms with van der Waals surface area (Å²) in [6.07, 6.45) is 2.09. The van der Waals surface area contributed by atoms with E-state index >= 15 is 0 Å². The van der Waals surface area contributed by atoms with Gasteiger partial charge in [0.1, 0.15) is 0 Å². The van der Waals surface area contributed by atoms with Gasteiger partial charge in [0, 0.05) is 6.04 Å². The van der Waals surface area contributed by atoms with Gasteiger partial charge in [-0.15, -0.1) is 0 Å². The molecule has 0 aromatic heterocycles. The minimum Gasteiger partial charge on any atom is -0.353 e. The van der Waals surface area contributed by atoms with E-state index in [-0.39, 0.29) is 11.8 Å². The van der Waals surface area contributed by atoms with Crippen LogP contribution in [0.25, 0.3) is 11.1 Å². The van der Waals surface area contributed by atoms with Crippen molar-refractivity contribution in [3.63, 3.8) is 0 Å². The maximum Gasteiger partial charge on any atom is 0.227 e. The molecule has 1 aliphatic rings. The minimum absolute atomic E-state index is 0.116. The second kappa shape index (κ2) is 7.63. The molecule has 1 atom stereocenters. The molecule has 126 valence electrons. The van der Waals surface area contributed by atoms with E-state index in [1.165, 1.54) is 11.1 Å². The van der Waals surface area contributed by atoms with Crippen molar-refractivity contribution in [1.82, 2.24) is 10.2 Å². The first-order valence-electron chi connectivity index (χ1n) is 8.78. The average Bonchev–Trinajstić information content (AvgIpc) is 2.64. The van der Waals surface area contributed by atoms with E-state index in [2.05, 4.69) is 53.7 Å². The Morgan fingerprint density at radius 3 is 2.21 bits per heavy atom. The highest BCUT2D eigenvalue weighted by Crippen LogP contribution is 2.23. The maximum absolute atomic E-state index is 12.5. The van der Waals surface area contributed by atoms with Gasteiger partial charge in [-0.05, 0) is 56.6 Å². The molecule has 0 radical (unpaired) electrons. The summed E-state index contributed by atoms with van der Waals surface area (Å²) in [5.74, 6) is 0.0199. The van der Waals surface area contributed by atoms with Crippen LogP contribution in [0.3, 0.4) is 0 Å². The molecule has 1 heterocycles. The Balaban J connectivity index is 1.62. The minimum atomic E-state index is -0.116. The first kappa shape index (κ1) is 16.7. The average molecular weight is 322 g/mol. The van der Waals surface area contributed by atoms with Crippen LogP contribution in [0.5, 0.6) is 0 Å². The zero-order valence-electron chi connectivity index (χ0n) is 14.5. The van der Waals surface area contributed by atoms with Crippen LogP contribution in [-0.2, 0) is 4.79 Å². The SMILES string of the molecule is CC(C(=O)NC1CCN(C)CC1)c1ccc(-c2ccccc2)cc1. The Morgan fingerprint density at radius 1 is 1.00 bits per heavy atom. The third-order valence-electron chi connectivity index (χ3n) is 4.98. The summed E-state index contributed by atoms with van der Waals surface area (Å²) in [4.78, 5) is 14.8. The van der Waals surface area contributed by atoms with Crippen molar-refractivity contribution >= 4 is 5.91 Å². The van der Waals surface area contributed by atoms with E-state index in [1.807, 2.05) is 25.1 Å². The van der Waals surface area contributed by atoms with Gasteiger partial charge >= 0.3 is 0 Å². The van der Waals surface area contributed by atoms with Crippen molar-refractivity contribution in [3.05, 3.63) is 60.2 Å². The summed E-state index contributed by atoms with van der Waals surface area (Å²) in [6.45, 7) is 4.11. The molecular formula is C21H26N2O. The molecule has 3 rings (SSSR count). The molecule has 2 aromatic carbocycles. The van der Waals surface area contributed by atoms with Gasteiger partial charge in [0.2, 0.25) is 5.91 Å². The van der Waals surface area contributed by atoms with Gasteiger partial charge in [0.15, 0.2) is 0 Å². The van der Waals surface area contributed by atoms with Crippen molar-refractivity contribution in [2.75, 3.05) is 20.1 Å². The fourth-order valence-corrected chi connectivity index (χ4v) is 3.23. The van der Waals surface area contributed by atoms with Gasteiger partial charge in [-0.25, -0.2) is 0 Å². The van der Waals surface area contributed by atoms with Gasteiger partial charge in [-0.1, -0.05) is 54.6 Å². The van der Waals surface area contributed by atoms with Crippen molar-refractivity contribution in [1.29, 1.82) is 0 Å². The van der Waals surface area contributed by atoms with E-state index in [4.69, 9.17) is 0 Å². The molecule has 3 heteroatoms. The number of nitrogens with zero attached hydrogens (tertiary/aromatic N) is 1. The predicted octanol–water partition coefficient (Wildman–Crippen LogP) is 3.67. The van der Waals surface area contributed by atoms with E-state index in [0.717, 1.165) is 31.5 Å². The molecule has 1 saturated heterocycles. The molecule has 3 nitrogen and oxygen atoms in total. The summed E-state index contributed by atoms with van der Waals surface area (Å²) < 4.78 is 0. The molecule has 24 heavy (non-hydrogen) atoms. The third-order valence-corrected chi connectivity index (χ3v) is 4.98. The van der Waals surface area contributed by atoms with Crippen LogP contribution in [-0.4, -0.2) is 37.0 Å². The van der Waals surface area contributed by atoms with E-state index in [1.54, 1.807) is 0 Å². The molecule has 1 aliphatic heterocycles. The van der Waals surface area contributed by atoms with Crippen LogP contribution in [0, 0.1) is 0 Å². The zero-order chi connectivity index (χ0) is 16.9. The first-order valence-corrected chi connectivity index (χ1v) is 8.78. The maximum atomic E-state index is 12.5. The summed E-state index contributed by atoms with van der Waals surface area (Å²) >= 11 is 0. The number of carbonyl (C=O) groups is 1. The summed E-state index contributed by atoms with van der Waals surface area (Å²) in [7, 11) is 2.13. The van der Waals surface area contributed by atoms with Crippen LogP contribution >= 0.6 is 0 Å². The lowest BCUT2D eigenvalue weighted by Gasteiger charge is -2.30. The van der Waals surface area contributed by atoms with Crippen LogP contribution in [0.1, 0.15) is 31.2 Å². The third kappa shape index (κ3) is 4.04. The monoisotopic (exact) mass is 322 g/mol. The number of benzene rings is 2. The molecule has 0 saturated carbocycles. The highest BCUT2D eigenvalue weighted by molar-refractivity contribution is 5.83. The van der Waals surface area contributed by atoms with Crippen LogP contribution in [0.4, 0.5) is 0 Å². The molecular weight excluding hydrogens is 296 g/mol. The lowest BCUT2D eigenvalue weighted by molar-refractivity contribution is -0.123. The Hall–Kier alpha value is -2.13. The van der Waals surface area contributed by atoms with Gasteiger partial charge in [0.25, 0.3) is 0 Å². The van der Waals surface area contributed by atoms with Crippen molar-refractivity contribution in [2.45, 2.75) is 31.7 Å². The predicted molar refractivity (Wildman–Crippen MR) is 99.0 cm³/mol. The highest BCUT2D eigenvalue weighted by Gasteiger charge is 2.22. The van der Waals surface area contributed by atoms with E-state index in [9.17, 15) is 4.79 Å². The zero-order valence-corrected chi connectivity index (χ0v) is 14.5. The topological polar surface area (TPSA) is 32.3 Å². The first-order chi connectivity index (χ1) is 11.6. The highest BCUT2D eigenvalue weighted by atomic mass is 16.1. The van der Waals surface area contributed by atoms with E-state index < -0.39 is 0 Å². The number of carbonyl (C=O) groups excluding carboxylic acids is 1. The lowest BCUT2D eigenvalue weighted by Crippen LogP contribution is -2.44. The van der Waals surface area contributed by atoms with Gasteiger partial charge in [-0.2, -0.15) is 0 Å². The van der Waals surface area contributed by atoms with Crippen LogP contribution < -0.4 is 5.32 Å². The largest absolute Gasteiger partial charge is 0.353 e. The van der Waals surface area contributed by atoms with Crippen molar-refractivity contribution in [3.8, 4) is 11.1 Å². The number of rotatable bonds is 4.